The summed E-state index contributed by atoms with van der Waals surface area (Å²) in [6.07, 6.45) is 0.503. The van der Waals surface area contributed by atoms with E-state index in [-0.39, 0.29) is 0 Å². The van der Waals surface area contributed by atoms with Gasteiger partial charge in [-0.3, -0.25) is 0 Å². The van der Waals surface area contributed by atoms with E-state index in [1.165, 1.54) is 21.7 Å². The number of aryl methyl sites for hydroxylation is 1. The molecule has 0 aliphatic carbocycles. The van der Waals surface area contributed by atoms with Crippen LogP contribution < -0.4 is 9.75 Å². The number of nitrogens with zero attached hydrogens (tertiary/aromatic N) is 1. The number of pyridine rings is 1. The number of fused-ring (bicyclic) bond motifs is 1. The van der Waals surface area contributed by atoms with Crippen LogP contribution in [-0.4, -0.2) is 8.07 Å². The molecule has 0 bridgehead atoms. The van der Waals surface area contributed by atoms with E-state index in [2.05, 4.69) is 63.8 Å². The summed E-state index contributed by atoms with van der Waals surface area (Å²) >= 11 is 0. The molecule has 0 saturated heterocycles. The molecule has 136 valence electrons. The van der Waals surface area contributed by atoms with Crippen molar-refractivity contribution in [1.29, 1.82) is 0 Å². The molecule has 1 nitrogen and oxygen atoms in total. The summed E-state index contributed by atoms with van der Waals surface area (Å²) in [7, 11) is 0.544. The van der Waals surface area contributed by atoms with E-state index in [9.17, 15) is 0 Å². The van der Waals surface area contributed by atoms with Gasteiger partial charge >= 0.3 is 0 Å². The van der Waals surface area contributed by atoms with Crippen molar-refractivity contribution in [3.63, 3.8) is 0 Å². The lowest BCUT2D eigenvalue weighted by Gasteiger charge is -2.18. The second-order valence-corrected chi connectivity index (χ2v) is 13.8. The Labute approximate surface area is 162 Å². The van der Waals surface area contributed by atoms with Crippen LogP contribution in [0.5, 0.6) is 0 Å². The van der Waals surface area contributed by atoms with Gasteiger partial charge in [0.05, 0.1) is 19.0 Å². The third-order valence-corrected chi connectivity index (χ3v) is 7.46. The smallest absolute Gasteiger partial charge is 0.200 e. The summed E-state index contributed by atoms with van der Waals surface area (Å²) in [5.74, 6) is -0.662. The summed E-state index contributed by atoms with van der Waals surface area (Å²) in [4.78, 5) is 0. The maximum Gasteiger partial charge on any atom is 0.220 e. The van der Waals surface area contributed by atoms with Crippen molar-refractivity contribution in [1.82, 2.24) is 0 Å². The summed E-state index contributed by atoms with van der Waals surface area (Å²) in [6, 6.07) is 13.0. The Morgan fingerprint density at radius 3 is 2.35 bits per heavy atom. The van der Waals surface area contributed by atoms with E-state index >= 15 is 0 Å². The highest BCUT2D eigenvalue weighted by molar-refractivity contribution is 6.88. The maximum absolute atomic E-state index is 8.56. The summed E-state index contributed by atoms with van der Waals surface area (Å²) in [5, 5.41) is 3.71. The first-order valence-corrected chi connectivity index (χ1v) is 12.9. The van der Waals surface area contributed by atoms with Gasteiger partial charge in [-0.1, -0.05) is 56.9 Å². The minimum absolute atomic E-state index is 0.503. The average molecular weight is 365 g/mol. The quantitative estimate of drug-likeness (QED) is 0.420. The molecule has 3 rings (SSSR count). The number of rotatable bonds is 3. The van der Waals surface area contributed by atoms with Crippen LogP contribution >= 0.6 is 0 Å². The Balaban J connectivity index is 2.41. The number of benzene rings is 2. The van der Waals surface area contributed by atoms with Gasteiger partial charge in [0.15, 0.2) is 6.17 Å². The van der Waals surface area contributed by atoms with Crippen LogP contribution in [0.25, 0.3) is 22.0 Å². The topological polar surface area (TPSA) is 3.88 Å². The Morgan fingerprint density at radius 1 is 1.04 bits per heavy atom. The highest BCUT2D eigenvalue weighted by Gasteiger charge is 2.22. The molecule has 0 saturated carbocycles. The van der Waals surface area contributed by atoms with Crippen LogP contribution in [0.1, 0.15) is 39.2 Å². The number of hydrogen-bond acceptors (Lipinski definition) is 0. The number of hydrogen-bond donors (Lipinski definition) is 0. The van der Waals surface area contributed by atoms with Crippen molar-refractivity contribution >= 4 is 24.0 Å². The SMILES string of the molecule is [2H]c1cc2cc([Si](C)(C)C)ccc2c(-c2cc(C([2H])(C)C)cc(C)c2C)[n+]1C. The van der Waals surface area contributed by atoms with Crippen LogP contribution in [0.15, 0.2) is 42.6 Å². The molecule has 2 aromatic carbocycles. The molecule has 0 unspecified atom stereocenters. The zero-order valence-corrected chi connectivity index (χ0v) is 18.4. The highest BCUT2D eigenvalue weighted by Crippen LogP contribution is 2.32. The minimum atomic E-state index is -1.42. The van der Waals surface area contributed by atoms with Crippen LogP contribution in [-0.2, 0) is 7.05 Å². The molecule has 0 fully saturated rings. The fourth-order valence-electron chi connectivity index (χ4n) is 3.50. The molecule has 2 heteroatoms. The molecule has 1 heterocycles. The molecule has 3 aromatic rings. The molecule has 0 N–H and O–H groups in total. The lowest BCUT2D eigenvalue weighted by atomic mass is 9.91. The average Bonchev–Trinajstić information content (AvgIpc) is 2.56. The molecule has 0 spiro atoms. The summed E-state index contributed by atoms with van der Waals surface area (Å²) < 4.78 is 19.0. The third-order valence-electron chi connectivity index (χ3n) is 5.42. The lowest BCUT2D eigenvalue weighted by Crippen LogP contribution is -2.37. The lowest BCUT2D eigenvalue weighted by molar-refractivity contribution is -0.659. The van der Waals surface area contributed by atoms with E-state index in [1.807, 2.05) is 31.5 Å². The molecule has 1 aromatic heterocycles. The van der Waals surface area contributed by atoms with E-state index in [0.717, 1.165) is 22.2 Å². The summed E-state index contributed by atoms with van der Waals surface area (Å²) in [5.41, 5.74) is 5.60. The van der Waals surface area contributed by atoms with Crippen LogP contribution in [0.4, 0.5) is 0 Å². The second kappa shape index (κ2) is 6.66. The van der Waals surface area contributed by atoms with Gasteiger partial charge in [0, 0.05) is 7.44 Å². The van der Waals surface area contributed by atoms with Crippen molar-refractivity contribution in [3.8, 4) is 11.3 Å². The van der Waals surface area contributed by atoms with E-state index in [0.29, 0.717) is 6.17 Å². The van der Waals surface area contributed by atoms with Gasteiger partial charge in [-0.2, -0.15) is 0 Å². The fourth-order valence-corrected chi connectivity index (χ4v) is 4.67. The van der Waals surface area contributed by atoms with Crippen molar-refractivity contribution in [2.45, 2.75) is 53.2 Å². The van der Waals surface area contributed by atoms with Crippen molar-refractivity contribution in [2.24, 2.45) is 7.05 Å². The Hall–Kier alpha value is -1.93. The Kier molecular flexibility index (Phi) is 4.16. The van der Waals surface area contributed by atoms with Crippen LogP contribution in [0, 0.1) is 13.8 Å². The molecular formula is C24H32NSi+. The van der Waals surface area contributed by atoms with Gasteiger partial charge in [0.2, 0.25) is 5.69 Å². The maximum atomic E-state index is 8.56. The zero-order valence-electron chi connectivity index (χ0n) is 19.4. The van der Waals surface area contributed by atoms with Crippen LogP contribution in [0.3, 0.4) is 0 Å². The van der Waals surface area contributed by atoms with Crippen molar-refractivity contribution in [2.75, 3.05) is 0 Å². The van der Waals surface area contributed by atoms with E-state index in [1.54, 1.807) is 0 Å². The zero-order chi connectivity index (χ0) is 21.0. The van der Waals surface area contributed by atoms with Gasteiger partial charge < -0.3 is 0 Å². The number of aromatic nitrogens is 1. The van der Waals surface area contributed by atoms with E-state index < -0.39 is 14.0 Å². The van der Waals surface area contributed by atoms with E-state index in [4.69, 9.17) is 2.74 Å². The minimum Gasteiger partial charge on any atom is -0.200 e. The highest BCUT2D eigenvalue weighted by atomic mass is 28.3. The Morgan fingerprint density at radius 2 is 1.73 bits per heavy atom. The van der Waals surface area contributed by atoms with Gasteiger partial charge in [0.1, 0.15) is 8.42 Å². The van der Waals surface area contributed by atoms with Gasteiger partial charge in [0.25, 0.3) is 0 Å². The predicted octanol–water partition coefficient (Wildman–Crippen LogP) is 5.62. The summed E-state index contributed by atoms with van der Waals surface area (Å²) in [6.45, 7) is 15.2. The standard InChI is InChI=1S/C24H32NSi/c1-16(2)20-13-17(3)18(4)23(15-20)24-22-10-9-21(26(6,7)8)14-19(22)11-12-25(24)5/h9-16H,1-8H3/q+1/i12D,16D. The molecular weight excluding hydrogens is 330 g/mol. The molecule has 0 radical (unpaired) electrons. The molecule has 26 heavy (non-hydrogen) atoms. The molecule has 0 aliphatic rings. The van der Waals surface area contributed by atoms with Gasteiger partial charge in [-0.15, -0.1) is 0 Å². The first-order chi connectivity index (χ1) is 12.8. The van der Waals surface area contributed by atoms with Crippen molar-refractivity contribution < 1.29 is 7.31 Å². The molecule has 0 atom stereocenters. The first kappa shape index (κ1) is 16.3. The largest absolute Gasteiger partial charge is 0.220 e. The van der Waals surface area contributed by atoms with Crippen LogP contribution in [0.2, 0.25) is 19.6 Å². The molecule has 0 amide bonds. The first-order valence-electron chi connectivity index (χ1n) is 10.4. The predicted molar refractivity (Wildman–Crippen MR) is 117 cm³/mol. The Bertz CT molecular complexity index is 1070. The van der Waals surface area contributed by atoms with Crippen molar-refractivity contribution in [3.05, 3.63) is 59.3 Å². The van der Waals surface area contributed by atoms with Gasteiger partial charge in [-0.05, 0) is 54.0 Å². The second-order valence-electron chi connectivity index (χ2n) is 8.70. The van der Waals surface area contributed by atoms with Gasteiger partial charge in [-0.25, -0.2) is 4.57 Å². The molecule has 0 aliphatic heterocycles. The normalized spacial score (nSPS) is 13.7. The fraction of sp³-hybridized carbons (Fsp3) is 0.375. The third kappa shape index (κ3) is 3.35. The monoisotopic (exact) mass is 364 g/mol.